The van der Waals surface area contributed by atoms with Gasteiger partial charge < -0.3 is 10.6 Å². The molecule has 1 aromatic rings. The maximum absolute atomic E-state index is 11.4. The number of benzene rings is 1. The standard InChI is InChI=1S/C14H18N2O2/c1-3-9-15-13(17)14(18)16-10-11(2)12-7-5-4-6-8-12/h3-8,11H,1,9-10H2,2H3,(H,15,17)(H,16,18)/t11-/m0/s1. The number of hydrogen-bond acceptors (Lipinski definition) is 2. The zero-order valence-corrected chi connectivity index (χ0v) is 10.5. The molecular formula is C14H18N2O2. The van der Waals surface area contributed by atoms with Crippen LogP contribution in [-0.2, 0) is 9.59 Å². The molecule has 0 aliphatic carbocycles. The van der Waals surface area contributed by atoms with Gasteiger partial charge in [0.2, 0.25) is 0 Å². The van der Waals surface area contributed by atoms with Crippen molar-refractivity contribution in [3.63, 3.8) is 0 Å². The molecule has 2 N–H and O–H groups in total. The van der Waals surface area contributed by atoms with E-state index in [1.165, 1.54) is 6.08 Å². The van der Waals surface area contributed by atoms with Gasteiger partial charge >= 0.3 is 11.8 Å². The van der Waals surface area contributed by atoms with Gasteiger partial charge in [-0.1, -0.05) is 43.3 Å². The summed E-state index contributed by atoms with van der Waals surface area (Å²) in [6, 6.07) is 9.83. The third-order valence-corrected chi connectivity index (χ3v) is 2.55. The second kappa shape index (κ2) is 7.27. The number of carbonyl (C=O) groups is 2. The van der Waals surface area contributed by atoms with Gasteiger partial charge in [-0.2, -0.15) is 0 Å². The van der Waals surface area contributed by atoms with E-state index < -0.39 is 11.8 Å². The van der Waals surface area contributed by atoms with Crippen molar-refractivity contribution in [2.24, 2.45) is 0 Å². The molecule has 0 bridgehead atoms. The van der Waals surface area contributed by atoms with Crippen molar-refractivity contribution in [3.05, 3.63) is 48.6 Å². The van der Waals surface area contributed by atoms with Crippen molar-refractivity contribution in [1.82, 2.24) is 10.6 Å². The summed E-state index contributed by atoms with van der Waals surface area (Å²) in [6.45, 7) is 6.18. The van der Waals surface area contributed by atoms with Crippen LogP contribution in [0.4, 0.5) is 0 Å². The van der Waals surface area contributed by atoms with Crippen molar-refractivity contribution >= 4 is 11.8 Å². The Hall–Kier alpha value is -2.10. The van der Waals surface area contributed by atoms with E-state index in [0.717, 1.165) is 5.56 Å². The van der Waals surface area contributed by atoms with Crippen LogP contribution in [0.2, 0.25) is 0 Å². The van der Waals surface area contributed by atoms with Crippen LogP contribution in [0.25, 0.3) is 0 Å². The van der Waals surface area contributed by atoms with Crippen LogP contribution in [-0.4, -0.2) is 24.9 Å². The SMILES string of the molecule is C=CCNC(=O)C(=O)NC[C@H](C)c1ccccc1. The van der Waals surface area contributed by atoms with Gasteiger partial charge in [0.15, 0.2) is 0 Å². The highest BCUT2D eigenvalue weighted by molar-refractivity contribution is 6.35. The maximum atomic E-state index is 11.4. The molecule has 0 saturated carbocycles. The van der Waals surface area contributed by atoms with E-state index >= 15 is 0 Å². The monoisotopic (exact) mass is 246 g/mol. The Morgan fingerprint density at radius 2 is 1.83 bits per heavy atom. The molecule has 0 spiro atoms. The van der Waals surface area contributed by atoms with E-state index in [4.69, 9.17) is 0 Å². The van der Waals surface area contributed by atoms with Crippen LogP contribution in [0.15, 0.2) is 43.0 Å². The predicted octanol–water partition coefficient (Wildman–Crippen LogP) is 1.21. The highest BCUT2D eigenvalue weighted by atomic mass is 16.2. The highest BCUT2D eigenvalue weighted by Crippen LogP contribution is 2.12. The average Bonchev–Trinajstić information content (AvgIpc) is 2.42. The molecule has 4 nitrogen and oxygen atoms in total. The number of nitrogens with one attached hydrogen (secondary N) is 2. The molecule has 0 aromatic heterocycles. The molecule has 0 aliphatic rings. The van der Waals surface area contributed by atoms with E-state index in [0.29, 0.717) is 13.1 Å². The Balaban J connectivity index is 2.38. The lowest BCUT2D eigenvalue weighted by Crippen LogP contribution is -2.41. The number of hydrogen-bond donors (Lipinski definition) is 2. The van der Waals surface area contributed by atoms with Crippen molar-refractivity contribution in [3.8, 4) is 0 Å². The molecular weight excluding hydrogens is 228 g/mol. The molecule has 1 atom stereocenters. The summed E-state index contributed by atoms with van der Waals surface area (Å²) in [7, 11) is 0. The lowest BCUT2D eigenvalue weighted by Gasteiger charge is -2.12. The Morgan fingerprint density at radius 3 is 2.44 bits per heavy atom. The maximum Gasteiger partial charge on any atom is 0.309 e. The summed E-state index contributed by atoms with van der Waals surface area (Å²) in [6.07, 6.45) is 1.53. The first-order chi connectivity index (χ1) is 8.65. The van der Waals surface area contributed by atoms with Gasteiger partial charge in [0.05, 0.1) is 0 Å². The Bertz CT molecular complexity index is 415. The smallest absolute Gasteiger partial charge is 0.309 e. The van der Waals surface area contributed by atoms with Gasteiger partial charge in [-0.05, 0) is 11.5 Å². The molecule has 1 aromatic carbocycles. The second-order valence-corrected chi connectivity index (χ2v) is 4.02. The largest absolute Gasteiger partial charge is 0.347 e. The summed E-state index contributed by atoms with van der Waals surface area (Å²) < 4.78 is 0. The van der Waals surface area contributed by atoms with E-state index in [1.807, 2.05) is 37.3 Å². The Labute approximate surface area is 107 Å². The van der Waals surface area contributed by atoms with Crippen LogP contribution >= 0.6 is 0 Å². The van der Waals surface area contributed by atoms with Crippen molar-refractivity contribution in [2.45, 2.75) is 12.8 Å². The topological polar surface area (TPSA) is 58.2 Å². The van der Waals surface area contributed by atoms with E-state index in [1.54, 1.807) is 0 Å². The normalized spacial score (nSPS) is 11.4. The van der Waals surface area contributed by atoms with Gasteiger partial charge in [-0.25, -0.2) is 0 Å². The molecule has 4 heteroatoms. The average molecular weight is 246 g/mol. The molecule has 96 valence electrons. The number of carbonyl (C=O) groups excluding carboxylic acids is 2. The highest BCUT2D eigenvalue weighted by Gasteiger charge is 2.13. The van der Waals surface area contributed by atoms with E-state index in [-0.39, 0.29) is 5.92 Å². The lowest BCUT2D eigenvalue weighted by molar-refractivity contribution is -0.139. The minimum absolute atomic E-state index is 0.169. The summed E-state index contributed by atoms with van der Waals surface area (Å²) in [4.78, 5) is 22.7. The molecule has 0 heterocycles. The summed E-state index contributed by atoms with van der Waals surface area (Å²) >= 11 is 0. The third kappa shape index (κ3) is 4.41. The van der Waals surface area contributed by atoms with Gasteiger partial charge in [-0.3, -0.25) is 9.59 Å². The van der Waals surface area contributed by atoms with Gasteiger partial charge in [-0.15, -0.1) is 6.58 Å². The predicted molar refractivity (Wildman–Crippen MR) is 71.1 cm³/mol. The quantitative estimate of drug-likeness (QED) is 0.606. The molecule has 0 aliphatic heterocycles. The van der Waals surface area contributed by atoms with Crippen molar-refractivity contribution in [1.29, 1.82) is 0 Å². The van der Waals surface area contributed by atoms with Crippen LogP contribution in [0, 0.1) is 0 Å². The fourth-order valence-electron chi connectivity index (χ4n) is 1.47. The minimum atomic E-state index is -0.629. The van der Waals surface area contributed by atoms with E-state index in [9.17, 15) is 9.59 Å². The summed E-state index contributed by atoms with van der Waals surface area (Å²) in [5.74, 6) is -1.07. The fraction of sp³-hybridized carbons (Fsp3) is 0.286. The molecule has 0 radical (unpaired) electrons. The first-order valence-electron chi connectivity index (χ1n) is 5.87. The van der Waals surface area contributed by atoms with Crippen molar-refractivity contribution in [2.75, 3.05) is 13.1 Å². The van der Waals surface area contributed by atoms with Gasteiger partial charge in [0.1, 0.15) is 0 Å². The first-order valence-corrected chi connectivity index (χ1v) is 5.87. The van der Waals surface area contributed by atoms with Crippen LogP contribution in [0.3, 0.4) is 0 Å². The summed E-state index contributed by atoms with van der Waals surface area (Å²) in [5.41, 5.74) is 1.13. The first kappa shape index (κ1) is 14.0. The molecule has 18 heavy (non-hydrogen) atoms. The zero-order chi connectivity index (χ0) is 13.4. The van der Waals surface area contributed by atoms with Gasteiger partial charge in [0, 0.05) is 13.1 Å². The molecule has 0 fully saturated rings. The second-order valence-electron chi connectivity index (χ2n) is 4.02. The fourth-order valence-corrected chi connectivity index (χ4v) is 1.47. The third-order valence-electron chi connectivity index (χ3n) is 2.55. The van der Waals surface area contributed by atoms with Crippen molar-refractivity contribution < 1.29 is 9.59 Å². The van der Waals surface area contributed by atoms with Gasteiger partial charge in [0.25, 0.3) is 0 Å². The Morgan fingerprint density at radius 1 is 1.22 bits per heavy atom. The molecule has 0 saturated heterocycles. The minimum Gasteiger partial charge on any atom is -0.347 e. The number of amides is 2. The lowest BCUT2D eigenvalue weighted by atomic mass is 10.0. The zero-order valence-electron chi connectivity index (χ0n) is 10.5. The number of rotatable bonds is 5. The van der Waals surface area contributed by atoms with E-state index in [2.05, 4.69) is 17.2 Å². The van der Waals surface area contributed by atoms with Crippen LogP contribution in [0.5, 0.6) is 0 Å². The molecule has 2 amide bonds. The molecule has 1 rings (SSSR count). The summed E-state index contributed by atoms with van der Waals surface area (Å²) in [5, 5.41) is 5.03. The Kier molecular flexibility index (Phi) is 5.64. The molecule has 0 unspecified atom stereocenters. The van der Waals surface area contributed by atoms with Crippen LogP contribution in [0.1, 0.15) is 18.4 Å². The van der Waals surface area contributed by atoms with Crippen LogP contribution < -0.4 is 10.6 Å².